The highest BCUT2D eigenvalue weighted by molar-refractivity contribution is 5.79. The summed E-state index contributed by atoms with van der Waals surface area (Å²) in [6.07, 6.45) is 2.01. The van der Waals surface area contributed by atoms with Crippen LogP contribution >= 0.6 is 0 Å². The van der Waals surface area contributed by atoms with Crippen molar-refractivity contribution < 1.29 is 10.2 Å². The van der Waals surface area contributed by atoms with Gasteiger partial charge < -0.3 is 10.2 Å². The van der Waals surface area contributed by atoms with E-state index in [4.69, 9.17) is 0 Å². The van der Waals surface area contributed by atoms with E-state index in [0.717, 1.165) is 35.1 Å². The fraction of sp³-hybridized carbons (Fsp3) is 0.500. The molecule has 0 spiro atoms. The number of aryl methyl sites for hydroxylation is 2. The third-order valence-corrected chi connectivity index (χ3v) is 6.22. The number of rotatable bonds is 5. The molecule has 2 heteroatoms. The largest absolute Gasteiger partial charge is 0.507 e. The van der Waals surface area contributed by atoms with E-state index < -0.39 is 0 Å². The van der Waals surface area contributed by atoms with E-state index in [1.54, 1.807) is 0 Å². The Kier molecular flexibility index (Phi) is 5.46. The lowest BCUT2D eigenvalue weighted by atomic mass is 9.78. The van der Waals surface area contributed by atoms with Crippen molar-refractivity contribution in [3.8, 4) is 22.6 Å². The van der Waals surface area contributed by atoms with Crippen LogP contribution in [0.1, 0.15) is 76.6 Å². The second kappa shape index (κ2) is 6.98. The maximum atomic E-state index is 10.8. The summed E-state index contributed by atoms with van der Waals surface area (Å²) in [5, 5.41) is 21.5. The van der Waals surface area contributed by atoms with Gasteiger partial charge in [0.2, 0.25) is 0 Å². The molecule has 0 radical (unpaired) electrons. The predicted octanol–water partition coefficient (Wildman–Crippen LogP) is 6.76. The van der Waals surface area contributed by atoms with Crippen molar-refractivity contribution in [2.75, 3.05) is 0 Å². The molecule has 0 unspecified atom stereocenters. The van der Waals surface area contributed by atoms with Crippen LogP contribution in [-0.4, -0.2) is 10.2 Å². The number of benzene rings is 2. The van der Waals surface area contributed by atoms with Crippen molar-refractivity contribution in [2.24, 2.45) is 0 Å². The van der Waals surface area contributed by atoms with Gasteiger partial charge in [0.15, 0.2) is 0 Å². The number of phenolic OH excluding ortho intramolecular Hbond substituents is 2. The summed E-state index contributed by atoms with van der Waals surface area (Å²) >= 11 is 0. The average Bonchev–Trinajstić information content (AvgIpc) is 2.59. The Morgan fingerprint density at radius 2 is 0.962 bits per heavy atom. The van der Waals surface area contributed by atoms with Gasteiger partial charge in [0.05, 0.1) is 0 Å². The summed E-state index contributed by atoms with van der Waals surface area (Å²) in [4.78, 5) is 0. The summed E-state index contributed by atoms with van der Waals surface area (Å²) in [6, 6.07) is 8.21. The molecule has 0 aliphatic heterocycles. The van der Waals surface area contributed by atoms with Crippen LogP contribution in [0.25, 0.3) is 11.1 Å². The third-order valence-electron chi connectivity index (χ3n) is 6.22. The molecule has 2 aromatic carbocycles. The van der Waals surface area contributed by atoms with Gasteiger partial charge in [0.25, 0.3) is 0 Å². The van der Waals surface area contributed by atoms with Crippen molar-refractivity contribution in [3.63, 3.8) is 0 Å². The van der Waals surface area contributed by atoms with E-state index in [1.807, 2.05) is 26.0 Å². The Morgan fingerprint density at radius 1 is 0.654 bits per heavy atom. The summed E-state index contributed by atoms with van der Waals surface area (Å²) in [7, 11) is 0. The van der Waals surface area contributed by atoms with Crippen molar-refractivity contribution >= 4 is 0 Å². The zero-order valence-corrected chi connectivity index (χ0v) is 17.6. The SMILES string of the molecule is CCC(C)(C)c1cc(C)c(O)c(-c2cc(C(C)(C)CC)cc(C)c2O)c1. The molecule has 0 saturated heterocycles. The molecule has 2 rings (SSSR count). The topological polar surface area (TPSA) is 40.5 Å². The quantitative estimate of drug-likeness (QED) is 0.623. The molecule has 2 nitrogen and oxygen atoms in total. The molecule has 0 bridgehead atoms. The van der Waals surface area contributed by atoms with Crippen molar-refractivity contribution in [3.05, 3.63) is 46.5 Å². The van der Waals surface area contributed by atoms with Gasteiger partial charge in [0, 0.05) is 11.1 Å². The smallest absolute Gasteiger partial charge is 0.126 e. The highest BCUT2D eigenvalue weighted by Crippen LogP contribution is 2.44. The molecule has 26 heavy (non-hydrogen) atoms. The highest BCUT2D eigenvalue weighted by atomic mass is 16.3. The van der Waals surface area contributed by atoms with E-state index in [1.165, 1.54) is 11.1 Å². The zero-order chi connectivity index (χ0) is 19.9. The number of phenols is 2. The normalized spacial score (nSPS) is 12.5. The lowest BCUT2D eigenvalue weighted by molar-refractivity contribution is 0.460. The lowest BCUT2D eigenvalue weighted by Crippen LogP contribution is -2.16. The van der Waals surface area contributed by atoms with Crippen molar-refractivity contribution in [2.45, 2.75) is 79.1 Å². The van der Waals surface area contributed by atoms with Gasteiger partial charge in [-0.2, -0.15) is 0 Å². The van der Waals surface area contributed by atoms with Crippen LogP contribution in [0.15, 0.2) is 24.3 Å². The molecule has 0 aromatic heterocycles. The van der Waals surface area contributed by atoms with Crippen LogP contribution in [0.4, 0.5) is 0 Å². The van der Waals surface area contributed by atoms with Crippen LogP contribution < -0.4 is 0 Å². The molecule has 0 heterocycles. The minimum atomic E-state index is 0.0121. The minimum Gasteiger partial charge on any atom is -0.507 e. The molecular formula is C24H34O2. The maximum Gasteiger partial charge on any atom is 0.126 e. The van der Waals surface area contributed by atoms with Gasteiger partial charge >= 0.3 is 0 Å². The Labute approximate surface area is 158 Å². The second-order valence-electron chi connectivity index (χ2n) is 8.85. The zero-order valence-electron chi connectivity index (χ0n) is 17.6. The summed E-state index contributed by atoms with van der Waals surface area (Å²) < 4.78 is 0. The monoisotopic (exact) mass is 354 g/mol. The van der Waals surface area contributed by atoms with Crippen LogP contribution in [0.3, 0.4) is 0 Å². The van der Waals surface area contributed by atoms with Gasteiger partial charge in [-0.25, -0.2) is 0 Å². The van der Waals surface area contributed by atoms with Gasteiger partial charge in [-0.1, -0.05) is 53.7 Å². The molecule has 0 atom stereocenters. The first-order chi connectivity index (χ1) is 11.9. The number of hydrogen-bond acceptors (Lipinski definition) is 2. The van der Waals surface area contributed by atoms with E-state index in [-0.39, 0.29) is 22.3 Å². The lowest BCUT2D eigenvalue weighted by Gasteiger charge is -2.27. The molecular weight excluding hydrogens is 320 g/mol. The molecule has 0 fully saturated rings. The molecule has 0 aliphatic carbocycles. The van der Waals surface area contributed by atoms with E-state index >= 15 is 0 Å². The van der Waals surface area contributed by atoms with Crippen LogP contribution in [0, 0.1) is 13.8 Å². The van der Waals surface area contributed by atoms with Crippen molar-refractivity contribution in [1.82, 2.24) is 0 Å². The van der Waals surface area contributed by atoms with E-state index in [2.05, 4.69) is 53.7 Å². The van der Waals surface area contributed by atoms with Gasteiger partial charge in [0.1, 0.15) is 11.5 Å². The first kappa shape index (κ1) is 20.4. The molecule has 0 saturated carbocycles. The first-order valence-corrected chi connectivity index (χ1v) is 9.63. The maximum absolute atomic E-state index is 10.8. The van der Waals surface area contributed by atoms with Crippen LogP contribution in [0.5, 0.6) is 11.5 Å². The second-order valence-corrected chi connectivity index (χ2v) is 8.85. The number of aromatic hydroxyl groups is 2. The van der Waals surface area contributed by atoms with E-state index in [0.29, 0.717) is 0 Å². The molecule has 2 aromatic rings. The highest BCUT2D eigenvalue weighted by Gasteiger charge is 2.25. The van der Waals surface area contributed by atoms with Gasteiger partial charge in [-0.3, -0.25) is 0 Å². The van der Waals surface area contributed by atoms with E-state index in [9.17, 15) is 10.2 Å². The number of hydrogen-bond donors (Lipinski definition) is 2. The molecule has 2 N–H and O–H groups in total. The predicted molar refractivity (Wildman–Crippen MR) is 111 cm³/mol. The standard InChI is InChI=1S/C24H34O2/c1-9-23(5,6)17-11-15(3)21(25)19(13-17)20-14-18(24(7,8)10-2)12-16(4)22(20)26/h11-14,25-26H,9-10H2,1-8H3. The average molecular weight is 355 g/mol. The fourth-order valence-electron chi connectivity index (χ4n) is 3.16. The Bertz CT molecular complexity index is 744. The van der Waals surface area contributed by atoms with Gasteiger partial charge in [-0.15, -0.1) is 0 Å². The molecule has 0 amide bonds. The van der Waals surface area contributed by atoms with Crippen molar-refractivity contribution in [1.29, 1.82) is 0 Å². The molecule has 0 aliphatic rings. The Balaban J connectivity index is 2.80. The third kappa shape index (κ3) is 3.60. The Hall–Kier alpha value is -1.96. The van der Waals surface area contributed by atoms with Crippen LogP contribution in [-0.2, 0) is 10.8 Å². The molecule has 142 valence electrons. The summed E-state index contributed by atoms with van der Waals surface area (Å²) in [5.74, 6) is 0.503. The minimum absolute atomic E-state index is 0.0121. The summed E-state index contributed by atoms with van der Waals surface area (Å²) in [6.45, 7) is 17.1. The first-order valence-electron chi connectivity index (χ1n) is 9.63. The fourth-order valence-corrected chi connectivity index (χ4v) is 3.16. The van der Waals surface area contributed by atoms with Crippen LogP contribution in [0.2, 0.25) is 0 Å². The Morgan fingerprint density at radius 3 is 1.23 bits per heavy atom. The summed E-state index contributed by atoms with van der Waals surface area (Å²) in [5.41, 5.74) is 5.51. The van der Waals surface area contributed by atoms with Gasteiger partial charge in [-0.05, 0) is 71.9 Å².